The van der Waals surface area contributed by atoms with Crippen molar-refractivity contribution in [1.82, 2.24) is 23.9 Å². The van der Waals surface area contributed by atoms with Crippen molar-refractivity contribution in [3.05, 3.63) is 12.4 Å². The molecule has 28 heavy (non-hydrogen) atoms. The van der Waals surface area contributed by atoms with Crippen molar-refractivity contribution >= 4 is 15.9 Å². The summed E-state index contributed by atoms with van der Waals surface area (Å²) in [6.07, 6.45) is 6.41. The summed E-state index contributed by atoms with van der Waals surface area (Å²) in [6.45, 7) is 7.97. The molecule has 1 aromatic heterocycles. The Kier molecular flexibility index (Phi) is 6.77. The fourth-order valence-electron chi connectivity index (χ4n) is 4.30. The van der Waals surface area contributed by atoms with Gasteiger partial charge >= 0.3 is 0 Å². The molecule has 0 unspecified atom stereocenters. The number of carbonyl (C=O) groups is 1. The Labute approximate surface area is 168 Å². The average Bonchev–Trinajstić information content (AvgIpc) is 3.20. The Balaban J connectivity index is 1.70. The third-order valence-electron chi connectivity index (χ3n) is 6.06. The van der Waals surface area contributed by atoms with Crippen LogP contribution in [0, 0.1) is 5.92 Å². The summed E-state index contributed by atoms with van der Waals surface area (Å²) in [6, 6.07) is 0.267. The van der Waals surface area contributed by atoms with Crippen LogP contribution in [-0.4, -0.2) is 84.0 Å². The Morgan fingerprint density at radius 1 is 1.21 bits per heavy atom. The van der Waals surface area contributed by atoms with Crippen LogP contribution >= 0.6 is 0 Å². The van der Waals surface area contributed by atoms with Gasteiger partial charge in [0.15, 0.2) is 0 Å². The molecule has 1 atom stereocenters. The van der Waals surface area contributed by atoms with Crippen molar-refractivity contribution in [3.63, 3.8) is 0 Å². The zero-order valence-corrected chi connectivity index (χ0v) is 18.1. The average molecular weight is 412 g/mol. The van der Waals surface area contributed by atoms with Crippen LogP contribution in [0.4, 0.5) is 0 Å². The quantitative estimate of drug-likeness (QED) is 0.704. The van der Waals surface area contributed by atoms with Crippen molar-refractivity contribution in [3.8, 4) is 0 Å². The van der Waals surface area contributed by atoms with Gasteiger partial charge < -0.3 is 9.80 Å². The number of hydrogen-bond acceptors (Lipinski definition) is 5. The number of nitrogens with zero attached hydrogens (tertiary/aromatic N) is 5. The van der Waals surface area contributed by atoms with Crippen molar-refractivity contribution in [2.24, 2.45) is 5.92 Å². The number of piperidine rings is 2. The van der Waals surface area contributed by atoms with E-state index in [1.165, 1.54) is 10.5 Å². The van der Waals surface area contributed by atoms with Gasteiger partial charge in [-0.1, -0.05) is 0 Å². The second kappa shape index (κ2) is 8.92. The molecule has 158 valence electrons. The molecule has 2 saturated heterocycles. The minimum atomic E-state index is -3.61. The van der Waals surface area contributed by atoms with Crippen LogP contribution < -0.4 is 0 Å². The second-order valence-electron chi connectivity index (χ2n) is 7.89. The lowest BCUT2D eigenvalue weighted by Gasteiger charge is -2.40. The van der Waals surface area contributed by atoms with E-state index in [4.69, 9.17) is 0 Å². The molecule has 0 bridgehead atoms. The number of carbonyl (C=O) groups excluding carboxylic acids is 1. The van der Waals surface area contributed by atoms with Gasteiger partial charge in [0.05, 0.1) is 12.1 Å². The number of likely N-dealkylation sites (tertiary alicyclic amines) is 1. The fourth-order valence-corrected chi connectivity index (χ4v) is 5.78. The predicted molar refractivity (Wildman–Crippen MR) is 107 cm³/mol. The maximum Gasteiger partial charge on any atom is 0.246 e. The standard InChI is InChI=1S/C19H33N5O3S/c1-4-22-15-18(13-20-22)28(26,27)23-10-6-7-16(14-23)19(25)24(5-2)17-8-11-21(3)12-9-17/h13,15-17H,4-12,14H2,1-3H3/t16-/m0/s1. The zero-order valence-electron chi connectivity index (χ0n) is 17.2. The first kappa shape index (κ1) is 21.3. The van der Waals surface area contributed by atoms with E-state index in [2.05, 4.69) is 17.0 Å². The minimum absolute atomic E-state index is 0.112. The molecule has 2 aliphatic heterocycles. The lowest BCUT2D eigenvalue weighted by Crippen LogP contribution is -2.51. The van der Waals surface area contributed by atoms with Gasteiger partial charge in [-0.05, 0) is 59.7 Å². The fraction of sp³-hybridized carbons (Fsp3) is 0.789. The first-order valence-electron chi connectivity index (χ1n) is 10.4. The number of sulfonamides is 1. The molecule has 0 aliphatic carbocycles. The molecule has 2 aliphatic rings. The van der Waals surface area contributed by atoms with E-state index >= 15 is 0 Å². The third kappa shape index (κ3) is 4.41. The van der Waals surface area contributed by atoms with Crippen molar-refractivity contribution in [2.45, 2.75) is 57.0 Å². The molecule has 1 aromatic rings. The highest BCUT2D eigenvalue weighted by molar-refractivity contribution is 7.89. The highest BCUT2D eigenvalue weighted by Crippen LogP contribution is 2.26. The Bertz CT molecular complexity index is 770. The first-order chi connectivity index (χ1) is 13.4. The van der Waals surface area contributed by atoms with E-state index in [-0.39, 0.29) is 29.3 Å². The van der Waals surface area contributed by atoms with Crippen LogP contribution in [0.2, 0.25) is 0 Å². The number of amides is 1. The first-order valence-corrected chi connectivity index (χ1v) is 11.8. The molecule has 8 nitrogen and oxygen atoms in total. The molecule has 2 fully saturated rings. The van der Waals surface area contributed by atoms with Crippen LogP contribution in [0.5, 0.6) is 0 Å². The second-order valence-corrected chi connectivity index (χ2v) is 9.83. The number of hydrogen-bond donors (Lipinski definition) is 0. The van der Waals surface area contributed by atoms with Gasteiger partial charge in [-0.2, -0.15) is 9.40 Å². The number of aromatic nitrogens is 2. The molecule has 3 heterocycles. The number of aryl methyl sites for hydroxylation is 1. The molecule has 0 saturated carbocycles. The summed E-state index contributed by atoms with van der Waals surface area (Å²) in [5, 5.41) is 4.09. The highest BCUT2D eigenvalue weighted by Gasteiger charge is 2.37. The van der Waals surface area contributed by atoms with Crippen LogP contribution in [-0.2, 0) is 21.4 Å². The summed E-state index contributed by atoms with van der Waals surface area (Å²) >= 11 is 0. The Morgan fingerprint density at radius 3 is 2.54 bits per heavy atom. The SMILES string of the molecule is CCN(C(=O)[C@H]1CCCN(S(=O)(=O)c2cnn(CC)c2)C1)C1CCN(C)CC1. The summed E-state index contributed by atoms with van der Waals surface area (Å²) in [4.78, 5) is 17.7. The van der Waals surface area contributed by atoms with E-state index < -0.39 is 10.0 Å². The Hall–Kier alpha value is -1.45. The maximum absolute atomic E-state index is 13.2. The van der Waals surface area contributed by atoms with Gasteiger partial charge in [-0.25, -0.2) is 8.42 Å². The lowest BCUT2D eigenvalue weighted by atomic mass is 9.95. The molecule has 9 heteroatoms. The molecule has 3 rings (SSSR count). The molecule has 0 radical (unpaired) electrons. The summed E-state index contributed by atoms with van der Waals surface area (Å²) in [5.74, 6) is -0.148. The molecule has 0 spiro atoms. The highest BCUT2D eigenvalue weighted by atomic mass is 32.2. The summed E-state index contributed by atoms with van der Waals surface area (Å²) in [7, 11) is -1.50. The van der Waals surface area contributed by atoms with Crippen LogP contribution in [0.3, 0.4) is 0 Å². The topological polar surface area (TPSA) is 78.8 Å². The maximum atomic E-state index is 13.2. The number of rotatable bonds is 6. The molecular weight excluding hydrogens is 378 g/mol. The largest absolute Gasteiger partial charge is 0.340 e. The molecule has 0 N–H and O–H groups in total. The smallest absolute Gasteiger partial charge is 0.246 e. The lowest BCUT2D eigenvalue weighted by molar-refractivity contribution is -0.139. The van der Waals surface area contributed by atoms with Gasteiger partial charge in [-0.3, -0.25) is 9.48 Å². The third-order valence-corrected chi connectivity index (χ3v) is 7.88. The van der Waals surface area contributed by atoms with E-state index in [1.807, 2.05) is 18.7 Å². The van der Waals surface area contributed by atoms with Crippen molar-refractivity contribution in [2.75, 3.05) is 39.8 Å². The van der Waals surface area contributed by atoms with Gasteiger partial charge in [0.2, 0.25) is 15.9 Å². The van der Waals surface area contributed by atoms with Crippen molar-refractivity contribution in [1.29, 1.82) is 0 Å². The molecule has 0 aromatic carbocycles. The zero-order chi connectivity index (χ0) is 20.3. The van der Waals surface area contributed by atoms with Crippen molar-refractivity contribution < 1.29 is 13.2 Å². The van der Waals surface area contributed by atoms with E-state index in [9.17, 15) is 13.2 Å². The van der Waals surface area contributed by atoms with Gasteiger partial charge in [0, 0.05) is 38.4 Å². The summed E-state index contributed by atoms with van der Waals surface area (Å²) < 4.78 is 29.1. The van der Waals surface area contributed by atoms with E-state index in [0.717, 1.165) is 32.4 Å². The molecular formula is C19H33N5O3S. The van der Waals surface area contributed by atoms with Gasteiger partial charge in [0.25, 0.3) is 0 Å². The van der Waals surface area contributed by atoms with Gasteiger partial charge in [0.1, 0.15) is 4.90 Å². The van der Waals surface area contributed by atoms with E-state index in [0.29, 0.717) is 26.1 Å². The van der Waals surface area contributed by atoms with Crippen LogP contribution in [0.15, 0.2) is 17.3 Å². The monoisotopic (exact) mass is 411 g/mol. The minimum Gasteiger partial charge on any atom is -0.340 e. The van der Waals surface area contributed by atoms with Crippen LogP contribution in [0.1, 0.15) is 39.5 Å². The normalized spacial score (nSPS) is 23.0. The molecule has 1 amide bonds. The predicted octanol–water partition coefficient (Wildman–Crippen LogP) is 1.25. The Morgan fingerprint density at radius 2 is 1.93 bits per heavy atom. The van der Waals surface area contributed by atoms with Gasteiger partial charge in [-0.15, -0.1) is 0 Å². The van der Waals surface area contributed by atoms with E-state index in [1.54, 1.807) is 10.9 Å². The van der Waals surface area contributed by atoms with Crippen LogP contribution in [0.25, 0.3) is 0 Å². The summed E-state index contributed by atoms with van der Waals surface area (Å²) in [5.41, 5.74) is 0.